The second-order valence-electron chi connectivity index (χ2n) is 12.8. The number of hydrogen-bond donors (Lipinski definition) is 9. The number of carbonyl (C=O) groups is 2. The van der Waals surface area contributed by atoms with Crippen LogP contribution in [0.15, 0.2) is 77.3 Å². The molecule has 60 heavy (non-hydrogen) atoms. The SMILES string of the molecule is CCN(CC)CCCC(C)Nc1ccnc2cc(Cl)ccc12.CCOC(=O)C1=C(COCCN)NC(C)=C(C(=O)OC)C1c1ccccc1Cl.O=P(O)(O)O.O=P(O)(O)O. The summed E-state index contributed by atoms with van der Waals surface area (Å²) in [6.45, 7) is 14.5. The summed E-state index contributed by atoms with van der Waals surface area (Å²) < 4.78 is 33.5. The molecule has 0 spiro atoms. The van der Waals surface area contributed by atoms with Gasteiger partial charge in [0.25, 0.3) is 0 Å². The number of fused-ring (bicyclic) bond motifs is 1. The van der Waals surface area contributed by atoms with Crippen molar-refractivity contribution in [3.63, 3.8) is 0 Å². The lowest BCUT2D eigenvalue weighted by Crippen LogP contribution is -2.35. The minimum absolute atomic E-state index is 0.109. The molecule has 0 amide bonds. The number of allylic oxidation sites excluding steroid dienone is 1. The fourth-order valence-corrected chi connectivity index (χ4v) is 6.28. The average Bonchev–Trinajstić information content (AvgIpc) is 3.15. The van der Waals surface area contributed by atoms with Gasteiger partial charge in [-0.1, -0.05) is 55.2 Å². The molecule has 2 aromatic carbocycles. The predicted octanol–water partition coefficient (Wildman–Crippen LogP) is 5.22. The monoisotopic (exact) mass is 923 g/mol. The fourth-order valence-electron chi connectivity index (χ4n) is 5.86. The van der Waals surface area contributed by atoms with E-state index in [9.17, 15) is 9.59 Å². The van der Waals surface area contributed by atoms with Gasteiger partial charge in [0.1, 0.15) is 0 Å². The molecular formula is C38H57Cl2N5O13P2. The van der Waals surface area contributed by atoms with E-state index in [0.29, 0.717) is 46.7 Å². The Morgan fingerprint density at radius 3 is 2.13 bits per heavy atom. The van der Waals surface area contributed by atoms with Crippen LogP contribution in [0.5, 0.6) is 0 Å². The van der Waals surface area contributed by atoms with Crippen molar-refractivity contribution in [3.05, 3.63) is 92.9 Å². The fraction of sp³-hybridized carbons (Fsp3) is 0.447. The highest BCUT2D eigenvalue weighted by molar-refractivity contribution is 7.45. The average molecular weight is 925 g/mol. The molecule has 0 saturated carbocycles. The number of anilines is 1. The number of aromatic nitrogens is 1. The van der Waals surface area contributed by atoms with Crippen LogP contribution in [0.2, 0.25) is 10.0 Å². The summed E-state index contributed by atoms with van der Waals surface area (Å²) >= 11 is 12.5. The maximum Gasteiger partial charge on any atom is 0.466 e. The predicted molar refractivity (Wildman–Crippen MR) is 231 cm³/mol. The highest BCUT2D eigenvalue weighted by atomic mass is 35.5. The van der Waals surface area contributed by atoms with Crippen LogP contribution in [0.4, 0.5) is 5.69 Å². The highest BCUT2D eigenvalue weighted by Crippen LogP contribution is 2.42. The summed E-state index contributed by atoms with van der Waals surface area (Å²) in [6.07, 6.45) is 4.21. The zero-order valence-electron chi connectivity index (χ0n) is 34.4. The summed E-state index contributed by atoms with van der Waals surface area (Å²) in [5, 5.41) is 8.99. The highest BCUT2D eigenvalue weighted by Gasteiger charge is 2.39. The number of benzene rings is 2. The summed E-state index contributed by atoms with van der Waals surface area (Å²) in [5.41, 5.74) is 9.77. The van der Waals surface area contributed by atoms with Crippen molar-refractivity contribution in [2.45, 2.75) is 59.4 Å². The number of phosphoric acid groups is 2. The molecule has 2 heterocycles. The number of nitrogens with two attached hydrogens (primary N) is 1. The van der Waals surface area contributed by atoms with Gasteiger partial charge in [0, 0.05) is 45.6 Å². The Hall–Kier alpha value is -3.45. The smallest absolute Gasteiger partial charge is 0.466 e. The third kappa shape index (κ3) is 20.9. The van der Waals surface area contributed by atoms with Gasteiger partial charge in [-0.25, -0.2) is 18.7 Å². The van der Waals surface area contributed by atoms with Crippen molar-refractivity contribution in [2.24, 2.45) is 5.73 Å². The van der Waals surface area contributed by atoms with Crippen LogP contribution in [0, 0.1) is 0 Å². The van der Waals surface area contributed by atoms with Crippen molar-refractivity contribution in [2.75, 3.05) is 58.4 Å². The second-order valence-corrected chi connectivity index (χ2v) is 15.7. The second kappa shape index (κ2) is 27.5. The van der Waals surface area contributed by atoms with Gasteiger partial charge in [0.15, 0.2) is 0 Å². The van der Waals surface area contributed by atoms with E-state index < -0.39 is 33.5 Å². The van der Waals surface area contributed by atoms with Gasteiger partial charge in [0.2, 0.25) is 0 Å². The van der Waals surface area contributed by atoms with Gasteiger partial charge in [0.05, 0.1) is 55.2 Å². The molecule has 22 heteroatoms. The number of hydrogen-bond acceptors (Lipinski definition) is 12. The molecule has 1 aromatic heterocycles. The number of esters is 2. The molecule has 0 aliphatic carbocycles. The zero-order valence-corrected chi connectivity index (χ0v) is 37.7. The lowest BCUT2D eigenvalue weighted by molar-refractivity contribution is -0.139. The topological polar surface area (TPSA) is 284 Å². The third-order valence-electron chi connectivity index (χ3n) is 8.38. The molecule has 0 radical (unpaired) electrons. The number of halogens is 2. The lowest BCUT2D eigenvalue weighted by atomic mass is 9.80. The van der Waals surface area contributed by atoms with E-state index in [4.69, 9.17) is 81.6 Å². The quantitative estimate of drug-likeness (QED) is 0.0506. The molecule has 0 saturated heterocycles. The first-order chi connectivity index (χ1) is 28.1. The number of ether oxygens (including phenoxy) is 3. The summed E-state index contributed by atoms with van der Waals surface area (Å²) in [5.74, 6) is -1.86. The molecule has 1 aliphatic rings. The first-order valence-corrected chi connectivity index (χ1v) is 22.6. The molecule has 10 N–H and O–H groups in total. The first-order valence-electron chi connectivity index (χ1n) is 18.7. The molecule has 0 fully saturated rings. The maximum absolute atomic E-state index is 12.9. The lowest BCUT2D eigenvalue weighted by Gasteiger charge is -2.31. The van der Waals surface area contributed by atoms with Crippen molar-refractivity contribution in [1.29, 1.82) is 0 Å². The molecule has 0 bridgehead atoms. The van der Waals surface area contributed by atoms with E-state index in [1.807, 2.05) is 30.5 Å². The van der Waals surface area contributed by atoms with Crippen LogP contribution in [0.3, 0.4) is 0 Å². The molecule has 3 aromatic rings. The van der Waals surface area contributed by atoms with Gasteiger partial charge in [-0.3, -0.25) is 4.98 Å². The zero-order chi connectivity index (χ0) is 45.6. The number of carbonyl (C=O) groups excluding carboxylic acids is 2. The van der Waals surface area contributed by atoms with Gasteiger partial charge < -0.3 is 64.8 Å². The molecular weight excluding hydrogens is 867 g/mol. The van der Waals surface area contributed by atoms with Crippen LogP contribution >= 0.6 is 38.8 Å². The number of rotatable bonds is 16. The maximum atomic E-state index is 12.9. The van der Waals surface area contributed by atoms with Gasteiger partial charge in [-0.05, 0) is 89.1 Å². The molecule has 336 valence electrons. The van der Waals surface area contributed by atoms with E-state index in [1.54, 1.807) is 38.1 Å². The van der Waals surface area contributed by atoms with Crippen LogP contribution in [0.25, 0.3) is 10.9 Å². The summed E-state index contributed by atoms with van der Waals surface area (Å²) in [7, 11) is -7.99. The first kappa shape index (κ1) is 54.6. The number of nitrogens with zero attached hydrogens (tertiary/aromatic N) is 2. The Morgan fingerprint density at radius 2 is 1.58 bits per heavy atom. The van der Waals surface area contributed by atoms with Gasteiger partial charge in [-0.15, -0.1) is 0 Å². The molecule has 2 atom stereocenters. The van der Waals surface area contributed by atoms with Crippen molar-refractivity contribution >= 4 is 67.4 Å². The van der Waals surface area contributed by atoms with E-state index in [2.05, 4.69) is 41.3 Å². The Morgan fingerprint density at radius 1 is 0.967 bits per heavy atom. The number of pyridine rings is 1. The number of dihydropyridines is 1. The van der Waals surface area contributed by atoms with Crippen LogP contribution < -0.4 is 16.4 Å². The van der Waals surface area contributed by atoms with E-state index in [1.165, 1.54) is 20.1 Å². The molecule has 2 unspecified atom stereocenters. The normalized spacial score (nSPS) is 14.4. The van der Waals surface area contributed by atoms with Gasteiger partial charge >= 0.3 is 27.6 Å². The van der Waals surface area contributed by atoms with Crippen LogP contribution in [0.1, 0.15) is 58.9 Å². The van der Waals surface area contributed by atoms with E-state index >= 15 is 0 Å². The largest absolute Gasteiger partial charge is 0.466 e. The number of methoxy groups -OCH3 is 1. The Labute approximate surface area is 360 Å². The number of nitrogens with one attached hydrogen (secondary N) is 2. The Kier molecular flexibility index (Phi) is 25.0. The minimum Gasteiger partial charge on any atom is -0.466 e. The third-order valence-corrected chi connectivity index (χ3v) is 8.96. The summed E-state index contributed by atoms with van der Waals surface area (Å²) in [4.78, 5) is 75.4. The van der Waals surface area contributed by atoms with Crippen LogP contribution in [-0.4, -0.2) is 110 Å². The Balaban J connectivity index is 0.000000497. The van der Waals surface area contributed by atoms with Crippen molar-refractivity contribution < 1.29 is 62.3 Å². The standard InChI is InChI=1S/C20H25ClN2O5.C18H26ClN3.2H3O4P/c1-4-28-20(25)18-15(11-27-10-9-22)23-12(2)16(19(24)26-3)17(18)13-7-5-6-8-14(13)21;1-4-22(5-2)12-6-7-14(3)21-17-10-11-20-18-13-15(19)8-9-16(17)18;2*1-5(2,3)4/h5-8,17,23H,4,9-11,22H2,1-3H3;8-11,13-14H,4-7,12H2,1-3H3,(H,20,21);2*(H3,1,2,3,4). The molecule has 1 aliphatic heterocycles. The van der Waals surface area contributed by atoms with Crippen LogP contribution in [-0.2, 0) is 32.9 Å². The van der Waals surface area contributed by atoms with E-state index in [0.717, 1.165) is 41.1 Å². The van der Waals surface area contributed by atoms with Gasteiger partial charge in [-0.2, -0.15) is 0 Å². The summed E-state index contributed by atoms with van der Waals surface area (Å²) in [6, 6.07) is 15.4. The molecule has 4 rings (SSSR count). The Bertz CT molecular complexity index is 1950. The molecule has 18 nitrogen and oxygen atoms in total. The van der Waals surface area contributed by atoms with E-state index in [-0.39, 0.29) is 18.8 Å². The van der Waals surface area contributed by atoms with Crippen molar-refractivity contribution in [1.82, 2.24) is 15.2 Å². The van der Waals surface area contributed by atoms with Crippen molar-refractivity contribution in [3.8, 4) is 0 Å². The minimum atomic E-state index is -4.64.